The van der Waals surface area contributed by atoms with Crippen LogP contribution in [0.25, 0.3) is 0 Å². The standard InChI is InChI=1S/C23H27N3O2/c1-16-6-5-7-17(2)21(16)24-22(28)26-14-12-23(13-15-26)11-10-20(27)18-8-3-4-9-19(18)25-23/h3-9,25H,10-15H2,1-2H3,(H,24,28). The van der Waals surface area contributed by atoms with Crippen LogP contribution in [0.1, 0.15) is 47.2 Å². The number of likely N-dealkylation sites (tertiary alicyclic amines) is 1. The molecule has 2 aliphatic heterocycles. The molecule has 5 heteroatoms. The molecule has 28 heavy (non-hydrogen) atoms. The monoisotopic (exact) mass is 377 g/mol. The topological polar surface area (TPSA) is 61.4 Å². The van der Waals surface area contributed by atoms with Crippen molar-refractivity contribution in [1.82, 2.24) is 4.90 Å². The van der Waals surface area contributed by atoms with Crippen molar-refractivity contribution in [2.45, 2.75) is 45.1 Å². The van der Waals surface area contributed by atoms with E-state index in [0.29, 0.717) is 19.5 Å². The zero-order valence-electron chi connectivity index (χ0n) is 16.5. The van der Waals surface area contributed by atoms with Gasteiger partial charge in [-0.15, -0.1) is 0 Å². The normalized spacial score (nSPS) is 18.2. The van der Waals surface area contributed by atoms with Gasteiger partial charge >= 0.3 is 6.03 Å². The number of nitrogens with one attached hydrogen (secondary N) is 2. The molecule has 2 heterocycles. The van der Waals surface area contributed by atoms with E-state index in [4.69, 9.17) is 0 Å². The van der Waals surface area contributed by atoms with Gasteiger partial charge in [0.15, 0.2) is 5.78 Å². The summed E-state index contributed by atoms with van der Waals surface area (Å²) in [5.41, 5.74) is 4.65. The number of hydrogen-bond donors (Lipinski definition) is 2. The molecular weight excluding hydrogens is 350 g/mol. The fourth-order valence-corrected chi connectivity index (χ4v) is 4.38. The zero-order chi connectivity index (χ0) is 19.7. The summed E-state index contributed by atoms with van der Waals surface area (Å²) in [7, 11) is 0. The molecule has 5 nitrogen and oxygen atoms in total. The van der Waals surface area contributed by atoms with Crippen molar-refractivity contribution in [2.75, 3.05) is 23.7 Å². The Morgan fingerprint density at radius 2 is 1.68 bits per heavy atom. The van der Waals surface area contributed by atoms with Crippen molar-refractivity contribution >= 4 is 23.2 Å². The maximum absolute atomic E-state index is 12.8. The summed E-state index contributed by atoms with van der Waals surface area (Å²) in [6.45, 7) is 5.38. The van der Waals surface area contributed by atoms with Gasteiger partial charge < -0.3 is 15.5 Å². The molecule has 0 unspecified atom stereocenters. The number of para-hydroxylation sites is 2. The third-order valence-corrected chi connectivity index (χ3v) is 6.18. The second-order valence-corrected chi connectivity index (χ2v) is 8.06. The highest BCUT2D eigenvalue weighted by Gasteiger charge is 2.38. The minimum Gasteiger partial charge on any atom is -0.379 e. The molecule has 0 atom stereocenters. The average Bonchev–Trinajstić information content (AvgIpc) is 2.83. The van der Waals surface area contributed by atoms with Crippen molar-refractivity contribution in [3.8, 4) is 0 Å². The molecule has 2 aliphatic rings. The number of ketones is 1. The van der Waals surface area contributed by atoms with Crippen LogP contribution in [0.3, 0.4) is 0 Å². The van der Waals surface area contributed by atoms with E-state index in [-0.39, 0.29) is 17.4 Å². The number of carbonyl (C=O) groups excluding carboxylic acids is 2. The summed E-state index contributed by atoms with van der Waals surface area (Å²) in [5.74, 6) is 0.204. The first-order chi connectivity index (χ1) is 13.5. The van der Waals surface area contributed by atoms with Gasteiger partial charge in [-0.05, 0) is 56.4 Å². The Hall–Kier alpha value is -2.82. The number of piperidine rings is 1. The first-order valence-electron chi connectivity index (χ1n) is 10.00. The van der Waals surface area contributed by atoms with Crippen molar-refractivity contribution in [3.05, 3.63) is 59.2 Å². The van der Waals surface area contributed by atoms with Crippen molar-refractivity contribution < 1.29 is 9.59 Å². The molecule has 1 saturated heterocycles. The number of hydrogen-bond acceptors (Lipinski definition) is 3. The molecule has 2 amide bonds. The van der Waals surface area contributed by atoms with Gasteiger partial charge in [0.2, 0.25) is 0 Å². The molecule has 2 N–H and O–H groups in total. The number of amides is 2. The lowest BCUT2D eigenvalue weighted by Gasteiger charge is -2.42. The van der Waals surface area contributed by atoms with Gasteiger partial charge in [-0.1, -0.05) is 30.3 Å². The summed E-state index contributed by atoms with van der Waals surface area (Å²) in [4.78, 5) is 27.1. The molecule has 0 saturated carbocycles. The SMILES string of the molecule is Cc1cccc(C)c1NC(=O)N1CCC2(CCC(=O)c3ccccc3N2)CC1. The Kier molecular flexibility index (Phi) is 4.84. The Labute approximate surface area is 166 Å². The first-order valence-corrected chi connectivity index (χ1v) is 10.00. The van der Waals surface area contributed by atoms with Gasteiger partial charge in [-0.3, -0.25) is 4.79 Å². The highest BCUT2D eigenvalue weighted by atomic mass is 16.2. The highest BCUT2D eigenvalue weighted by molar-refractivity contribution is 6.02. The maximum Gasteiger partial charge on any atom is 0.321 e. The Bertz CT molecular complexity index is 894. The Morgan fingerprint density at radius 3 is 2.39 bits per heavy atom. The number of fused-ring (bicyclic) bond motifs is 1. The van der Waals surface area contributed by atoms with E-state index in [1.807, 2.05) is 61.2 Å². The van der Waals surface area contributed by atoms with Crippen LogP contribution in [0.5, 0.6) is 0 Å². The van der Waals surface area contributed by atoms with Gasteiger partial charge in [0.05, 0.1) is 0 Å². The third-order valence-electron chi connectivity index (χ3n) is 6.18. The summed E-state index contributed by atoms with van der Waals surface area (Å²) in [5, 5.41) is 6.74. The van der Waals surface area contributed by atoms with Gasteiger partial charge in [0, 0.05) is 42.0 Å². The Morgan fingerprint density at radius 1 is 1.00 bits per heavy atom. The molecule has 0 bridgehead atoms. The summed E-state index contributed by atoms with van der Waals surface area (Å²) >= 11 is 0. The molecule has 0 radical (unpaired) electrons. The van der Waals surface area contributed by atoms with Crippen LogP contribution >= 0.6 is 0 Å². The average molecular weight is 377 g/mol. The van der Waals surface area contributed by atoms with E-state index < -0.39 is 0 Å². The zero-order valence-corrected chi connectivity index (χ0v) is 16.5. The van der Waals surface area contributed by atoms with E-state index >= 15 is 0 Å². The van der Waals surface area contributed by atoms with Gasteiger partial charge in [0.1, 0.15) is 0 Å². The first kappa shape index (κ1) is 18.5. The van der Waals surface area contributed by atoms with E-state index in [0.717, 1.165) is 47.3 Å². The molecular formula is C23H27N3O2. The van der Waals surface area contributed by atoms with E-state index in [1.165, 1.54) is 0 Å². The quantitative estimate of drug-likeness (QED) is 0.753. The predicted molar refractivity (Wildman–Crippen MR) is 112 cm³/mol. The van der Waals surface area contributed by atoms with E-state index in [1.54, 1.807) is 0 Å². The van der Waals surface area contributed by atoms with Crippen LogP contribution < -0.4 is 10.6 Å². The summed E-state index contributed by atoms with van der Waals surface area (Å²) in [6.07, 6.45) is 3.05. The number of rotatable bonds is 1. The third kappa shape index (κ3) is 3.49. The number of urea groups is 1. The van der Waals surface area contributed by atoms with Crippen LogP contribution in [-0.4, -0.2) is 35.3 Å². The van der Waals surface area contributed by atoms with Crippen molar-refractivity contribution in [1.29, 1.82) is 0 Å². The van der Waals surface area contributed by atoms with Crippen molar-refractivity contribution in [2.24, 2.45) is 0 Å². The molecule has 0 aliphatic carbocycles. The molecule has 1 spiro atoms. The molecule has 146 valence electrons. The summed E-state index contributed by atoms with van der Waals surface area (Å²) in [6, 6.07) is 13.7. The smallest absolute Gasteiger partial charge is 0.321 e. The number of aryl methyl sites for hydroxylation is 2. The van der Waals surface area contributed by atoms with Crippen LogP contribution in [-0.2, 0) is 0 Å². The second-order valence-electron chi connectivity index (χ2n) is 8.06. The van der Waals surface area contributed by atoms with Crippen molar-refractivity contribution in [3.63, 3.8) is 0 Å². The Balaban J connectivity index is 1.44. The highest BCUT2D eigenvalue weighted by Crippen LogP contribution is 2.36. The number of anilines is 2. The number of benzene rings is 2. The minimum atomic E-state index is -0.113. The minimum absolute atomic E-state index is 0.0441. The largest absolute Gasteiger partial charge is 0.379 e. The number of nitrogens with zero attached hydrogens (tertiary/aromatic N) is 1. The van der Waals surface area contributed by atoms with Gasteiger partial charge in [0.25, 0.3) is 0 Å². The molecule has 2 aromatic rings. The van der Waals surface area contributed by atoms with E-state index in [2.05, 4.69) is 10.6 Å². The fraction of sp³-hybridized carbons (Fsp3) is 0.391. The molecule has 4 rings (SSSR count). The van der Waals surface area contributed by atoms with Crippen LogP contribution in [0, 0.1) is 13.8 Å². The summed E-state index contributed by atoms with van der Waals surface area (Å²) < 4.78 is 0. The fourth-order valence-electron chi connectivity index (χ4n) is 4.38. The lowest BCUT2D eigenvalue weighted by Crippen LogP contribution is -2.51. The second kappa shape index (κ2) is 7.30. The van der Waals surface area contributed by atoms with Crippen LogP contribution in [0.15, 0.2) is 42.5 Å². The van der Waals surface area contributed by atoms with Crippen LogP contribution in [0.2, 0.25) is 0 Å². The number of Topliss-reactive ketones (excluding diaryl/α,β-unsaturated/α-hetero) is 1. The number of carbonyl (C=O) groups is 2. The lowest BCUT2D eigenvalue weighted by atomic mass is 9.83. The lowest BCUT2D eigenvalue weighted by molar-refractivity contribution is 0.0968. The van der Waals surface area contributed by atoms with Gasteiger partial charge in [-0.25, -0.2) is 4.79 Å². The molecule has 2 aromatic carbocycles. The molecule has 0 aromatic heterocycles. The molecule has 1 fully saturated rings. The maximum atomic E-state index is 12.8. The van der Waals surface area contributed by atoms with E-state index in [9.17, 15) is 9.59 Å². The van der Waals surface area contributed by atoms with Crippen LogP contribution in [0.4, 0.5) is 16.2 Å². The predicted octanol–water partition coefficient (Wildman–Crippen LogP) is 4.76. The van der Waals surface area contributed by atoms with Gasteiger partial charge in [-0.2, -0.15) is 0 Å².